The fraction of sp³-hybridized carbons (Fsp3) is 0.350. The number of hydrogen-bond acceptors (Lipinski definition) is 6. The van der Waals surface area contributed by atoms with Crippen LogP contribution in [-0.4, -0.2) is 20.5 Å². The number of benzene rings is 1. The van der Waals surface area contributed by atoms with Gasteiger partial charge in [-0.3, -0.25) is 0 Å². The summed E-state index contributed by atoms with van der Waals surface area (Å²) in [5.74, 6) is 2.47. The van der Waals surface area contributed by atoms with Gasteiger partial charge in [0.15, 0.2) is 11.7 Å². The van der Waals surface area contributed by atoms with Crippen molar-refractivity contribution in [2.75, 3.05) is 7.11 Å². The zero-order valence-corrected chi connectivity index (χ0v) is 17.2. The molecule has 1 fully saturated rings. The second-order valence-electron chi connectivity index (χ2n) is 6.84. The summed E-state index contributed by atoms with van der Waals surface area (Å²) in [4.78, 5) is 5.16. The van der Waals surface area contributed by atoms with Gasteiger partial charge in [-0.05, 0) is 42.7 Å². The maximum absolute atomic E-state index is 12.6. The first-order valence-electron chi connectivity index (χ1n) is 9.24. The number of methoxy groups -OCH3 is 1. The van der Waals surface area contributed by atoms with E-state index in [2.05, 4.69) is 9.71 Å². The van der Waals surface area contributed by atoms with Crippen LogP contribution in [0.4, 0.5) is 0 Å². The molecule has 0 spiro atoms. The van der Waals surface area contributed by atoms with E-state index < -0.39 is 10.0 Å². The van der Waals surface area contributed by atoms with Crippen LogP contribution < -0.4 is 9.46 Å². The van der Waals surface area contributed by atoms with Gasteiger partial charge in [0.2, 0.25) is 10.0 Å². The van der Waals surface area contributed by atoms with Crippen molar-refractivity contribution in [1.82, 2.24) is 9.71 Å². The van der Waals surface area contributed by atoms with E-state index in [-0.39, 0.29) is 10.8 Å². The van der Waals surface area contributed by atoms with Crippen LogP contribution in [-0.2, 0) is 16.6 Å². The molecular weight excluding hydrogens is 396 g/mol. The SMILES string of the molecule is COc1cccc(CNS(=O)(=O)c2ccc(-c3cnc(C4CCCC4)o3)s2)c1. The molecule has 0 radical (unpaired) electrons. The standard InChI is InChI=1S/C20H22N2O4S2/c1-25-16-8-4-5-14(11-16)12-22-28(23,24)19-10-9-18(27-19)17-13-21-20(26-17)15-6-2-3-7-15/h4-5,8-11,13,15,22H,2-3,6-7,12H2,1H3. The molecule has 0 bridgehead atoms. The lowest BCUT2D eigenvalue weighted by Gasteiger charge is -2.06. The highest BCUT2D eigenvalue weighted by molar-refractivity contribution is 7.91. The van der Waals surface area contributed by atoms with E-state index in [0.717, 1.165) is 29.2 Å². The fourth-order valence-corrected chi connectivity index (χ4v) is 5.71. The molecule has 148 valence electrons. The van der Waals surface area contributed by atoms with Crippen LogP contribution in [0.15, 0.2) is 51.2 Å². The van der Waals surface area contributed by atoms with Crippen molar-refractivity contribution >= 4 is 21.4 Å². The fourth-order valence-electron chi connectivity index (χ4n) is 3.39. The van der Waals surface area contributed by atoms with E-state index in [1.54, 1.807) is 31.5 Å². The maximum atomic E-state index is 12.6. The third-order valence-electron chi connectivity index (χ3n) is 4.92. The van der Waals surface area contributed by atoms with Crippen molar-refractivity contribution in [3.05, 3.63) is 54.0 Å². The van der Waals surface area contributed by atoms with Crippen LogP contribution in [0.5, 0.6) is 5.75 Å². The highest BCUT2D eigenvalue weighted by Gasteiger charge is 2.23. The molecule has 1 saturated carbocycles. The van der Waals surface area contributed by atoms with Crippen molar-refractivity contribution in [3.63, 3.8) is 0 Å². The number of rotatable bonds is 7. The molecule has 28 heavy (non-hydrogen) atoms. The number of nitrogens with zero attached hydrogens (tertiary/aromatic N) is 1. The van der Waals surface area contributed by atoms with Crippen molar-refractivity contribution in [2.45, 2.75) is 42.4 Å². The molecule has 3 aromatic rings. The summed E-state index contributed by atoms with van der Waals surface area (Å²) in [6.45, 7) is 0.195. The highest BCUT2D eigenvalue weighted by atomic mass is 32.2. The summed E-state index contributed by atoms with van der Waals surface area (Å²) in [7, 11) is -2.03. The summed E-state index contributed by atoms with van der Waals surface area (Å²) in [5, 5.41) is 0. The molecule has 0 aliphatic heterocycles. The Kier molecular flexibility index (Phi) is 5.52. The molecule has 1 aliphatic carbocycles. The summed E-state index contributed by atoms with van der Waals surface area (Å²) in [6.07, 6.45) is 6.33. The lowest BCUT2D eigenvalue weighted by atomic mass is 10.1. The van der Waals surface area contributed by atoms with Gasteiger partial charge < -0.3 is 9.15 Å². The highest BCUT2D eigenvalue weighted by Crippen LogP contribution is 2.37. The topological polar surface area (TPSA) is 81.4 Å². The summed E-state index contributed by atoms with van der Waals surface area (Å²) in [5.41, 5.74) is 0.830. The number of hydrogen-bond donors (Lipinski definition) is 1. The first kappa shape index (κ1) is 19.2. The van der Waals surface area contributed by atoms with Gasteiger partial charge in [0.25, 0.3) is 0 Å². The first-order valence-corrected chi connectivity index (χ1v) is 11.5. The lowest BCUT2D eigenvalue weighted by Crippen LogP contribution is -2.22. The van der Waals surface area contributed by atoms with Crippen LogP contribution in [0.2, 0.25) is 0 Å². The summed E-state index contributed by atoms with van der Waals surface area (Å²) >= 11 is 1.18. The van der Waals surface area contributed by atoms with Gasteiger partial charge >= 0.3 is 0 Å². The Morgan fingerprint density at radius 1 is 1.25 bits per heavy atom. The molecule has 0 atom stereocenters. The largest absolute Gasteiger partial charge is 0.497 e. The van der Waals surface area contributed by atoms with E-state index in [4.69, 9.17) is 9.15 Å². The van der Waals surface area contributed by atoms with E-state index >= 15 is 0 Å². The zero-order valence-electron chi connectivity index (χ0n) is 15.6. The minimum atomic E-state index is -3.61. The van der Waals surface area contributed by atoms with Gasteiger partial charge in [-0.2, -0.15) is 0 Å². The molecule has 1 aromatic carbocycles. The first-order chi connectivity index (χ1) is 13.5. The van der Waals surface area contributed by atoms with Crippen molar-refractivity contribution in [2.24, 2.45) is 0 Å². The lowest BCUT2D eigenvalue weighted by molar-refractivity contribution is 0.414. The van der Waals surface area contributed by atoms with Gasteiger partial charge in [-0.1, -0.05) is 25.0 Å². The normalized spacial score (nSPS) is 15.2. The quantitative estimate of drug-likeness (QED) is 0.609. The molecule has 2 aromatic heterocycles. The minimum absolute atomic E-state index is 0.195. The summed E-state index contributed by atoms with van der Waals surface area (Å²) < 4.78 is 39.2. The number of ether oxygens (including phenoxy) is 1. The van der Waals surface area contributed by atoms with Crippen LogP contribution in [0, 0.1) is 0 Å². The van der Waals surface area contributed by atoms with Gasteiger partial charge in [0, 0.05) is 12.5 Å². The maximum Gasteiger partial charge on any atom is 0.250 e. The van der Waals surface area contributed by atoms with Crippen molar-refractivity contribution in [3.8, 4) is 16.4 Å². The van der Waals surface area contributed by atoms with E-state index in [1.807, 2.05) is 18.2 Å². The molecule has 0 amide bonds. The monoisotopic (exact) mass is 418 g/mol. The Morgan fingerprint density at radius 3 is 2.86 bits per heavy atom. The third kappa shape index (κ3) is 4.14. The third-order valence-corrected chi connectivity index (χ3v) is 7.91. The zero-order chi connectivity index (χ0) is 19.6. The van der Waals surface area contributed by atoms with E-state index in [9.17, 15) is 8.42 Å². The minimum Gasteiger partial charge on any atom is -0.497 e. The van der Waals surface area contributed by atoms with Gasteiger partial charge in [-0.15, -0.1) is 11.3 Å². The summed E-state index contributed by atoms with van der Waals surface area (Å²) in [6, 6.07) is 10.7. The Balaban J connectivity index is 1.46. The van der Waals surface area contributed by atoms with Gasteiger partial charge in [0.1, 0.15) is 9.96 Å². The number of sulfonamides is 1. The van der Waals surface area contributed by atoms with Crippen LogP contribution in [0.25, 0.3) is 10.6 Å². The number of thiophene rings is 1. The van der Waals surface area contributed by atoms with Crippen molar-refractivity contribution < 1.29 is 17.6 Å². The predicted molar refractivity (Wildman–Crippen MR) is 108 cm³/mol. The molecule has 8 heteroatoms. The smallest absolute Gasteiger partial charge is 0.250 e. The molecule has 1 N–H and O–H groups in total. The van der Waals surface area contributed by atoms with Crippen LogP contribution in [0.3, 0.4) is 0 Å². The average Bonchev–Trinajstić information content (AvgIpc) is 3.46. The number of oxazole rings is 1. The Hall–Kier alpha value is -2.16. The van der Waals surface area contributed by atoms with Crippen LogP contribution >= 0.6 is 11.3 Å². The molecule has 2 heterocycles. The van der Waals surface area contributed by atoms with E-state index in [1.165, 1.54) is 24.2 Å². The molecule has 0 unspecified atom stereocenters. The van der Waals surface area contributed by atoms with Crippen molar-refractivity contribution in [1.29, 1.82) is 0 Å². The predicted octanol–water partition coefficient (Wildman–Crippen LogP) is 4.55. The van der Waals surface area contributed by atoms with Crippen LogP contribution in [0.1, 0.15) is 43.1 Å². The molecular formula is C20H22N2O4S2. The van der Waals surface area contributed by atoms with Gasteiger partial charge in [0.05, 0.1) is 18.2 Å². The molecule has 0 saturated heterocycles. The molecule has 6 nitrogen and oxygen atoms in total. The molecule has 4 rings (SSSR count). The second kappa shape index (κ2) is 8.06. The molecule has 1 aliphatic rings. The second-order valence-corrected chi connectivity index (χ2v) is 9.92. The Labute approximate surface area is 168 Å². The average molecular weight is 419 g/mol. The Bertz CT molecular complexity index is 1050. The number of nitrogens with one attached hydrogen (secondary N) is 1. The van der Waals surface area contributed by atoms with Gasteiger partial charge in [-0.25, -0.2) is 18.1 Å². The van der Waals surface area contributed by atoms with E-state index in [0.29, 0.717) is 17.4 Å². The Morgan fingerprint density at radius 2 is 2.07 bits per heavy atom. The number of aromatic nitrogens is 1.